The van der Waals surface area contributed by atoms with Crippen LogP contribution >= 0.6 is 0 Å². The van der Waals surface area contributed by atoms with Crippen molar-refractivity contribution in [1.29, 1.82) is 0 Å². The lowest BCUT2D eigenvalue weighted by Gasteiger charge is -2.31. The van der Waals surface area contributed by atoms with Crippen molar-refractivity contribution in [3.8, 4) is 0 Å². The second-order valence-corrected chi connectivity index (χ2v) is 7.78. The number of carbonyl (C=O) groups is 4. The van der Waals surface area contributed by atoms with Crippen molar-refractivity contribution in [2.75, 3.05) is 51.8 Å². The number of esters is 2. The molecule has 10 heteroatoms. The molecular weight excluding hydrogens is 430 g/mol. The predicted octanol–water partition coefficient (Wildman–Crippen LogP) is 0.775. The lowest BCUT2D eigenvalue weighted by Crippen LogP contribution is -2.41. The van der Waals surface area contributed by atoms with Crippen LogP contribution in [0.25, 0.3) is 0 Å². The number of hydrogen-bond donors (Lipinski definition) is 2. The number of ether oxygens (including phenoxy) is 2. The minimum absolute atomic E-state index is 0.00584. The standard InChI is InChI=1S/C23H29N3O7/c1-3-33-22(30)15-8-10-25(11-9-15)20(28)16-6-4-5-7-18(16)24-19-17(23(31)32-2)14-26(12-13-27)21(19)29/h4-7,15,24,27H,3,8-14H2,1-2H3. The summed E-state index contributed by atoms with van der Waals surface area (Å²) in [7, 11) is 1.23. The number of para-hydroxylation sites is 1. The molecule has 0 saturated carbocycles. The van der Waals surface area contributed by atoms with Gasteiger partial charge in [0.2, 0.25) is 0 Å². The molecule has 0 atom stereocenters. The van der Waals surface area contributed by atoms with E-state index < -0.39 is 11.9 Å². The SMILES string of the molecule is CCOC(=O)C1CCN(C(=O)c2ccccc2NC2=C(C(=O)OC)CN(CCO)C2=O)CC1. The molecule has 2 aliphatic heterocycles. The number of benzene rings is 1. The van der Waals surface area contributed by atoms with Crippen LogP contribution in [0.5, 0.6) is 0 Å². The summed E-state index contributed by atoms with van der Waals surface area (Å²) in [4.78, 5) is 53.3. The first-order chi connectivity index (χ1) is 15.9. The Kier molecular flexibility index (Phi) is 8.05. The number of rotatable bonds is 8. The summed E-state index contributed by atoms with van der Waals surface area (Å²) in [5.41, 5.74) is 0.882. The molecule has 33 heavy (non-hydrogen) atoms. The van der Waals surface area contributed by atoms with E-state index in [1.807, 2.05) is 0 Å². The Bertz CT molecular complexity index is 951. The average Bonchev–Trinajstić information content (AvgIpc) is 3.14. The average molecular weight is 459 g/mol. The van der Waals surface area contributed by atoms with Gasteiger partial charge in [0.05, 0.1) is 49.6 Å². The van der Waals surface area contributed by atoms with Gasteiger partial charge in [-0.15, -0.1) is 0 Å². The fourth-order valence-electron chi connectivity index (χ4n) is 4.01. The van der Waals surface area contributed by atoms with E-state index in [1.54, 1.807) is 36.1 Å². The second-order valence-electron chi connectivity index (χ2n) is 7.78. The molecule has 1 aromatic carbocycles. The normalized spacial score (nSPS) is 16.8. The third-order valence-electron chi connectivity index (χ3n) is 5.77. The smallest absolute Gasteiger partial charge is 0.337 e. The first-order valence-corrected chi connectivity index (χ1v) is 10.9. The van der Waals surface area contributed by atoms with Crippen molar-refractivity contribution in [2.24, 2.45) is 5.92 Å². The Labute approximate surface area is 192 Å². The number of nitrogens with zero attached hydrogens (tertiary/aromatic N) is 2. The summed E-state index contributed by atoms with van der Waals surface area (Å²) in [6.45, 7) is 2.75. The van der Waals surface area contributed by atoms with Gasteiger partial charge in [0.15, 0.2) is 0 Å². The Hall–Kier alpha value is -3.40. The van der Waals surface area contributed by atoms with Crippen LogP contribution in [0.1, 0.15) is 30.1 Å². The first-order valence-electron chi connectivity index (χ1n) is 10.9. The van der Waals surface area contributed by atoms with E-state index in [2.05, 4.69) is 5.32 Å². The zero-order valence-corrected chi connectivity index (χ0v) is 18.8. The summed E-state index contributed by atoms with van der Waals surface area (Å²) >= 11 is 0. The van der Waals surface area contributed by atoms with Crippen molar-refractivity contribution in [2.45, 2.75) is 19.8 Å². The van der Waals surface area contributed by atoms with Gasteiger partial charge in [-0.1, -0.05) is 12.1 Å². The number of anilines is 1. The molecule has 1 saturated heterocycles. The number of nitrogens with one attached hydrogen (secondary N) is 1. The monoisotopic (exact) mass is 459 g/mol. The maximum Gasteiger partial charge on any atom is 0.337 e. The molecule has 2 amide bonds. The van der Waals surface area contributed by atoms with Gasteiger partial charge >= 0.3 is 11.9 Å². The summed E-state index contributed by atoms with van der Waals surface area (Å²) in [6.07, 6.45) is 1.04. The van der Waals surface area contributed by atoms with Gasteiger partial charge < -0.3 is 29.7 Å². The molecule has 0 aromatic heterocycles. The summed E-state index contributed by atoms with van der Waals surface area (Å²) < 4.78 is 9.89. The van der Waals surface area contributed by atoms with Crippen molar-refractivity contribution in [3.63, 3.8) is 0 Å². The highest BCUT2D eigenvalue weighted by atomic mass is 16.5. The van der Waals surface area contributed by atoms with E-state index in [0.717, 1.165) is 0 Å². The number of piperidine rings is 1. The van der Waals surface area contributed by atoms with E-state index in [4.69, 9.17) is 9.47 Å². The zero-order valence-electron chi connectivity index (χ0n) is 18.8. The minimum atomic E-state index is -0.656. The number of likely N-dealkylation sites (tertiary alicyclic amines) is 1. The highest BCUT2D eigenvalue weighted by Crippen LogP contribution is 2.27. The number of aliphatic hydroxyl groups is 1. The van der Waals surface area contributed by atoms with Gasteiger partial charge in [-0.25, -0.2) is 4.79 Å². The maximum absolute atomic E-state index is 13.3. The third-order valence-corrected chi connectivity index (χ3v) is 5.77. The molecule has 10 nitrogen and oxygen atoms in total. The van der Waals surface area contributed by atoms with Crippen LogP contribution in [-0.4, -0.2) is 85.2 Å². The van der Waals surface area contributed by atoms with Crippen LogP contribution in [0.3, 0.4) is 0 Å². The fraction of sp³-hybridized carbons (Fsp3) is 0.478. The van der Waals surface area contributed by atoms with E-state index in [0.29, 0.717) is 43.8 Å². The van der Waals surface area contributed by atoms with Gasteiger partial charge in [-0.05, 0) is 31.9 Å². The summed E-state index contributed by atoms with van der Waals surface area (Å²) in [5.74, 6) is -1.80. The topological polar surface area (TPSA) is 125 Å². The molecule has 1 aromatic rings. The molecule has 1 fully saturated rings. The largest absolute Gasteiger partial charge is 0.466 e. The second kappa shape index (κ2) is 11.0. The highest BCUT2D eigenvalue weighted by Gasteiger charge is 2.35. The van der Waals surface area contributed by atoms with Crippen molar-refractivity contribution in [1.82, 2.24) is 9.80 Å². The van der Waals surface area contributed by atoms with E-state index in [1.165, 1.54) is 12.0 Å². The van der Waals surface area contributed by atoms with E-state index >= 15 is 0 Å². The zero-order chi connectivity index (χ0) is 24.0. The Balaban J connectivity index is 1.79. The Morgan fingerprint density at radius 3 is 2.52 bits per heavy atom. The number of amides is 2. The lowest BCUT2D eigenvalue weighted by atomic mass is 9.96. The van der Waals surface area contributed by atoms with Crippen molar-refractivity contribution < 1.29 is 33.8 Å². The molecule has 2 heterocycles. The van der Waals surface area contributed by atoms with Gasteiger partial charge in [0.1, 0.15) is 5.70 Å². The number of aliphatic hydroxyl groups excluding tert-OH is 1. The van der Waals surface area contributed by atoms with Gasteiger partial charge in [-0.3, -0.25) is 14.4 Å². The van der Waals surface area contributed by atoms with Crippen LogP contribution in [0.2, 0.25) is 0 Å². The Morgan fingerprint density at radius 2 is 1.88 bits per heavy atom. The van der Waals surface area contributed by atoms with E-state index in [-0.39, 0.29) is 48.8 Å². The molecule has 0 unspecified atom stereocenters. The maximum atomic E-state index is 13.3. The molecule has 2 N–H and O–H groups in total. The van der Waals surface area contributed by atoms with Crippen LogP contribution in [0.15, 0.2) is 35.5 Å². The summed E-state index contributed by atoms with van der Waals surface area (Å²) in [6, 6.07) is 6.73. The van der Waals surface area contributed by atoms with Crippen LogP contribution in [-0.2, 0) is 23.9 Å². The lowest BCUT2D eigenvalue weighted by molar-refractivity contribution is -0.149. The molecule has 178 valence electrons. The molecule has 3 rings (SSSR count). The molecule has 0 spiro atoms. The number of hydrogen-bond acceptors (Lipinski definition) is 8. The predicted molar refractivity (Wildman–Crippen MR) is 118 cm³/mol. The first kappa shape index (κ1) is 24.2. The van der Waals surface area contributed by atoms with Crippen molar-refractivity contribution >= 4 is 29.4 Å². The van der Waals surface area contributed by atoms with Crippen LogP contribution in [0.4, 0.5) is 5.69 Å². The van der Waals surface area contributed by atoms with E-state index in [9.17, 15) is 24.3 Å². The van der Waals surface area contributed by atoms with Crippen LogP contribution < -0.4 is 5.32 Å². The van der Waals surface area contributed by atoms with Gasteiger partial charge in [-0.2, -0.15) is 0 Å². The molecular formula is C23H29N3O7. The van der Waals surface area contributed by atoms with Crippen LogP contribution in [0, 0.1) is 5.92 Å². The number of methoxy groups -OCH3 is 1. The minimum Gasteiger partial charge on any atom is -0.466 e. The highest BCUT2D eigenvalue weighted by molar-refractivity contribution is 6.10. The number of β-amino-alcohol motifs (C(OH)–C–C–N with tert-alkyl or cyclic N) is 1. The number of carbonyl (C=O) groups excluding carboxylic acids is 4. The quantitative estimate of drug-likeness (QED) is 0.546. The third kappa shape index (κ3) is 5.33. The molecule has 2 aliphatic rings. The van der Waals surface area contributed by atoms with Crippen molar-refractivity contribution in [3.05, 3.63) is 41.1 Å². The fourth-order valence-corrected chi connectivity index (χ4v) is 4.01. The summed E-state index contributed by atoms with van der Waals surface area (Å²) in [5, 5.41) is 12.2. The molecule has 0 bridgehead atoms. The molecule has 0 radical (unpaired) electrons. The van der Waals surface area contributed by atoms with Gasteiger partial charge in [0.25, 0.3) is 11.8 Å². The van der Waals surface area contributed by atoms with Gasteiger partial charge in [0, 0.05) is 19.6 Å². The molecule has 0 aliphatic carbocycles. The Morgan fingerprint density at radius 1 is 1.18 bits per heavy atom.